The summed E-state index contributed by atoms with van der Waals surface area (Å²) in [6.07, 6.45) is 7.80. The summed E-state index contributed by atoms with van der Waals surface area (Å²) in [5.74, 6) is 1.37. The Bertz CT molecular complexity index is 1310. The molecule has 1 saturated heterocycles. The standard InChI is InChI=1S/C28H35N5O4S/c1-2-23(19-6-7-19)38(35,36)28(12-13-28)24-18-25(33-14-16-37-17-15-33)32-26(31-24)20-8-10-22(11-9-20)30-27(34)29-21-4-3-5-21/h2,8-11,18-19,21,23H,1,3-7,12-17H2,(H2,29,30,34). The number of anilines is 2. The third kappa shape index (κ3) is 4.80. The molecular weight excluding hydrogens is 502 g/mol. The van der Waals surface area contributed by atoms with Gasteiger partial charge in [0.25, 0.3) is 0 Å². The van der Waals surface area contributed by atoms with Crippen LogP contribution in [0.4, 0.5) is 16.3 Å². The Kier molecular flexibility index (Phi) is 6.63. The van der Waals surface area contributed by atoms with E-state index in [1.165, 1.54) is 0 Å². The quantitative estimate of drug-likeness (QED) is 0.465. The molecule has 4 aliphatic rings. The lowest BCUT2D eigenvalue weighted by atomic mass is 9.93. The van der Waals surface area contributed by atoms with Crippen molar-refractivity contribution in [2.75, 3.05) is 36.5 Å². The molecule has 1 aromatic carbocycles. The van der Waals surface area contributed by atoms with Crippen LogP contribution in [0.2, 0.25) is 0 Å². The van der Waals surface area contributed by atoms with Crippen LogP contribution in [0, 0.1) is 5.92 Å². The molecule has 9 nitrogen and oxygen atoms in total. The second-order valence-electron chi connectivity index (χ2n) is 10.9. The van der Waals surface area contributed by atoms with E-state index in [4.69, 9.17) is 14.7 Å². The molecule has 2 amide bonds. The first kappa shape index (κ1) is 25.3. The fourth-order valence-corrected chi connectivity index (χ4v) is 8.04. The van der Waals surface area contributed by atoms with Gasteiger partial charge < -0.3 is 20.3 Å². The predicted octanol–water partition coefficient (Wildman–Crippen LogP) is 4.02. The van der Waals surface area contributed by atoms with E-state index >= 15 is 0 Å². The van der Waals surface area contributed by atoms with Crippen molar-refractivity contribution in [3.05, 3.63) is 48.7 Å². The molecule has 0 spiro atoms. The highest BCUT2D eigenvalue weighted by Gasteiger charge is 2.61. The summed E-state index contributed by atoms with van der Waals surface area (Å²) in [5, 5.41) is 5.32. The molecule has 1 atom stereocenters. The van der Waals surface area contributed by atoms with Crippen LogP contribution in [0.15, 0.2) is 43.0 Å². The Morgan fingerprint density at radius 2 is 1.82 bits per heavy atom. The number of hydrogen-bond donors (Lipinski definition) is 2. The zero-order chi connectivity index (χ0) is 26.3. The Morgan fingerprint density at radius 1 is 1.11 bits per heavy atom. The molecule has 2 aromatic rings. The summed E-state index contributed by atoms with van der Waals surface area (Å²) in [7, 11) is -3.51. The van der Waals surface area contributed by atoms with E-state index in [9.17, 15) is 13.2 Å². The molecule has 3 saturated carbocycles. The molecule has 0 bridgehead atoms. The molecule has 1 unspecified atom stereocenters. The molecule has 1 aromatic heterocycles. The normalized spacial score (nSPS) is 21.7. The zero-order valence-corrected chi connectivity index (χ0v) is 22.4. The highest BCUT2D eigenvalue weighted by Crippen LogP contribution is 2.56. The van der Waals surface area contributed by atoms with Crippen molar-refractivity contribution in [3.8, 4) is 11.4 Å². The van der Waals surface area contributed by atoms with Gasteiger partial charge in [-0.05, 0) is 75.1 Å². The Hall–Kier alpha value is -2.98. The number of rotatable bonds is 9. The van der Waals surface area contributed by atoms with Crippen molar-refractivity contribution in [1.82, 2.24) is 15.3 Å². The number of urea groups is 1. The number of aromatic nitrogens is 2. The molecule has 38 heavy (non-hydrogen) atoms. The molecule has 0 radical (unpaired) electrons. The van der Waals surface area contributed by atoms with Crippen LogP contribution >= 0.6 is 0 Å². The minimum absolute atomic E-state index is 0.163. The van der Waals surface area contributed by atoms with Gasteiger partial charge in [0, 0.05) is 36.4 Å². The number of hydrogen-bond acceptors (Lipinski definition) is 7. The Balaban J connectivity index is 1.31. The number of amides is 2. The fraction of sp³-hybridized carbons (Fsp3) is 0.536. The third-order valence-electron chi connectivity index (χ3n) is 8.28. The molecule has 4 fully saturated rings. The van der Waals surface area contributed by atoms with Gasteiger partial charge >= 0.3 is 6.03 Å². The molecule has 202 valence electrons. The van der Waals surface area contributed by atoms with E-state index < -0.39 is 19.8 Å². The van der Waals surface area contributed by atoms with E-state index in [2.05, 4.69) is 22.1 Å². The minimum atomic E-state index is -3.51. The average Bonchev–Trinajstić information content (AvgIpc) is 3.82. The van der Waals surface area contributed by atoms with Crippen molar-refractivity contribution >= 4 is 27.4 Å². The van der Waals surface area contributed by atoms with E-state index in [1.54, 1.807) is 6.08 Å². The summed E-state index contributed by atoms with van der Waals surface area (Å²) in [4.78, 5) is 24.1. The maximum Gasteiger partial charge on any atom is 0.319 e. The number of benzene rings is 1. The number of ether oxygens (including phenoxy) is 1. The maximum atomic E-state index is 13.9. The van der Waals surface area contributed by atoms with Gasteiger partial charge in [0.2, 0.25) is 0 Å². The molecule has 6 rings (SSSR count). The second-order valence-corrected chi connectivity index (χ2v) is 13.3. The van der Waals surface area contributed by atoms with Crippen molar-refractivity contribution < 1.29 is 17.9 Å². The van der Waals surface area contributed by atoms with Gasteiger partial charge in [-0.1, -0.05) is 6.08 Å². The Labute approximate surface area is 224 Å². The fourth-order valence-electron chi connectivity index (χ4n) is 5.42. The van der Waals surface area contributed by atoms with E-state index in [-0.39, 0.29) is 18.0 Å². The first-order chi connectivity index (χ1) is 18.4. The average molecular weight is 538 g/mol. The van der Waals surface area contributed by atoms with Gasteiger partial charge in [-0.25, -0.2) is 23.2 Å². The van der Waals surface area contributed by atoms with Crippen LogP contribution in [0.3, 0.4) is 0 Å². The lowest BCUT2D eigenvalue weighted by Crippen LogP contribution is -2.41. The highest BCUT2D eigenvalue weighted by atomic mass is 32.2. The summed E-state index contributed by atoms with van der Waals surface area (Å²) in [6.45, 7) is 6.43. The number of nitrogens with one attached hydrogen (secondary N) is 2. The van der Waals surface area contributed by atoms with Crippen LogP contribution < -0.4 is 15.5 Å². The molecule has 3 aliphatic carbocycles. The minimum Gasteiger partial charge on any atom is -0.378 e. The number of nitrogens with zero attached hydrogens (tertiary/aromatic N) is 3. The van der Waals surface area contributed by atoms with Crippen LogP contribution in [0.1, 0.15) is 50.6 Å². The number of sulfone groups is 1. The van der Waals surface area contributed by atoms with Crippen LogP contribution in [-0.2, 0) is 19.3 Å². The monoisotopic (exact) mass is 537 g/mol. The van der Waals surface area contributed by atoms with Crippen LogP contribution in [0.5, 0.6) is 0 Å². The first-order valence-corrected chi connectivity index (χ1v) is 15.2. The maximum absolute atomic E-state index is 13.9. The van der Waals surface area contributed by atoms with E-state index in [1.807, 2.05) is 30.3 Å². The van der Waals surface area contributed by atoms with Gasteiger partial charge in [0.1, 0.15) is 10.6 Å². The largest absolute Gasteiger partial charge is 0.378 e. The van der Waals surface area contributed by atoms with Gasteiger partial charge in [0.05, 0.1) is 24.2 Å². The molecule has 10 heteroatoms. The van der Waals surface area contributed by atoms with E-state index in [0.717, 1.165) is 43.5 Å². The smallest absolute Gasteiger partial charge is 0.319 e. The van der Waals surface area contributed by atoms with Crippen molar-refractivity contribution in [2.45, 2.75) is 61.0 Å². The summed E-state index contributed by atoms with van der Waals surface area (Å²) < 4.78 is 32.3. The topological polar surface area (TPSA) is 114 Å². The lowest BCUT2D eigenvalue weighted by Gasteiger charge is -2.29. The molecule has 2 N–H and O–H groups in total. The van der Waals surface area contributed by atoms with Crippen LogP contribution in [-0.4, -0.2) is 62.0 Å². The van der Waals surface area contributed by atoms with Gasteiger partial charge in [0.15, 0.2) is 15.7 Å². The number of morpholine rings is 1. The second kappa shape index (κ2) is 9.96. The number of carbonyl (C=O) groups excluding carboxylic acids is 1. The third-order valence-corrected chi connectivity index (χ3v) is 11.3. The highest BCUT2D eigenvalue weighted by molar-refractivity contribution is 7.93. The van der Waals surface area contributed by atoms with Gasteiger partial charge in [-0.15, -0.1) is 6.58 Å². The zero-order valence-electron chi connectivity index (χ0n) is 21.6. The molecular formula is C28H35N5O4S. The summed E-state index contributed by atoms with van der Waals surface area (Å²) >= 11 is 0. The Morgan fingerprint density at radius 3 is 2.39 bits per heavy atom. The summed E-state index contributed by atoms with van der Waals surface area (Å²) in [5.41, 5.74) is 2.01. The predicted molar refractivity (Wildman–Crippen MR) is 147 cm³/mol. The molecule has 1 aliphatic heterocycles. The van der Waals surface area contributed by atoms with Crippen molar-refractivity contribution in [1.29, 1.82) is 0 Å². The van der Waals surface area contributed by atoms with Crippen LogP contribution in [0.25, 0.3) is 11.4 Å². The lowest BCUT2D eigenvalue weighted by molar-refractivity contribution is 0.122. The van der Waals surface area contributed by atoms with Gasteiger partial charge in [-0.2, -0.15) is 0 Å². The van der Waals surface area contributed by atoms with E-state index in [0.29, 0.717) is 56.4 Å². The van der Waals surface area contributed by atoms with Crippen molar-refractivity contribution in [3.63, 3.8) is 0 Å². The summed E-state index contributed by atoms with van der Waals surface area (Å²) in [6, 6.07) is 9.31. The number of carbonyl (C=O) groups is 1. The first-order valence-electron chi connectivity index (χ1n) is 13.7. The van der Waals surface area contributed by atoms with Gasteiger partial charge in [-0.3, -0.25) is 0 Å². The molecule has 2 heterocycles. The SMILES string of the molecule is C=CC(C1CC1)S(=O)(=O)C1(c2cc(N3CCOCC3)nc(-c3ccc(NC(=O)NC4CCC4)cc3)n2)CC1. The van der Waals surface area contributed by atoms with Crippen molar-refractivity contribution in [2.24, 2.45) is 5.92 Å².